The fourth-order valence-electron chi connectivity index (χ4n) is 3.57. The summed E-state index contributed by atoms with van der Waals surface area (Å²) in [6, 6.07) is 6.69. The molecule has 1 fully saturated rings. The van der Waals surface area contributed by atoms with Crippen LogP contribution in [0.5, 0.6) is 0 Å². The normalized spacial score (nSPS) is 16.1. The van der Waals surface area contributed by atoms with Crippen molar-refractivity contribution in [1.82, 2.24) is 25.1 Å². The number of nitrogens with zero attached hydrogens (tertiary/aromatic N) is 5. The second-order valence-electron chi connectivity index (χ2n) is 7.06. The Hall–Kier alpha value is -3.01. The highest BCUT2D eigenvalue weighted by Gasteiger charge is 2.35. The highest BCUT2D eigenvalue weighted by molar-refractivity contribution is 9.10. The Morgan fingerprint density at radius 1 is 1.03 bits per heavy atom. The summed E-state index contributed by atoms with van der Waals surface area (Å²) < 4.78 is 0.760. The van der Waals surface area contributed by atoms with Crippen LogP contribution >= 0.6 is 15.9 Å². The lowest BCUT2D eigenvalue weighted by Gasteiger charge is -2.34. The molecule has 30 heavy (non-hydrogen) atoms. The second kappa shape index (κ2) is 8.78. The fourth-order valence-corrected chi connectivity index (χ4v) is 3.94. The summed E-state index contributed by atoms with van der Waals surface area (Å²) in [4.78, 5) is 50.8. The number of amides is 4. The van der Waals surface area contributed by atoms with Crippen LogP contribution in [0.3, 0.4) is 0 Å². The predicted molar refractivity (Wildman–Crippen MR) is 113 cm³/mol. The molecule has 4 amide bonds. The molecule has 1 aromatic heterocycles. The first-order chi connectivity index (χ1) is 14.5. The zero-order chi connectivity index (χ0) is 21.1. The van der Waals surface area contributed by atoms with E-state index < -0.39 is 0 Å². The van der Waals surface area contributed by atoms with Crippen LogP contribution in [0.4, 0.5) is 10.7 Å². The topological polar surface area (TPSA) is 98.7 Å². The Kier molecular flexibility index (Phi) is 5.93. The van der Waals surface area contributed by atoms with Crippen molar-refractivity contribution >= 4 is 39.7 Å². The van der Waals surface area contributed by atoms with Gasteiger partial charge in [-0.15, -0.1) is 0 Å². The minimum absolute atomic E-state index is 0.144. The van der Waals surface area contributed by atoms with Crippen LogP contribution < -0.4 is 10.2 Å². The van der Waals surface area contributed by atoms with E-state index in [-0.39, 0.29) is 24.4 Å². The number of halogens is 1. The van der Waals surface area contributed by atoms with Gasteiger partial charge in [0.25, 0.3) is 11.8 Å². The van der Waals surface area contributed by atoms with Crippen molar-refractivity contribution in [3.05, 3.63) is 52.3 Å². The molecule has 0 unspecified atom stereocenters. The van der Waals surface area contributed by atoms with Gasteiger partial charge >= 0.3 is 6.03 Å². The van der Waals surface area contributed by atoms with E-state index in [4.69, 9.17) is 0 Å². The van der Waals surface area contributed by atoms with Crippen molar-refractivity contribution in [1.29, 1.82) is 0 Å². The van der Waals surface area contributed by atoms with Gasteiger partial charge < -0.3 is 15.1 Å². The van der Waals surface area contributed by atoms with E-state index in [0.29, 0.717) is 56.2 Å². The summed E-state index contributed by atoms with van der Waals surface area (Å²) in [7, 11) is 0. The Bertz CT molecular complexity index is 962. The van der Waals surface area contributed by atoms with Crippen molar-refractivity contribution in [3.63, 3.8) is 0 Å². The fraction of sp³-hybridized carbons (Fsp3) is 0.350. The largest absolute Gasteiger partial charge is 0.338 e. The molecule has 0 radical (unpaired) electrons. The van der Waals surface area contributed by atoms with E-state index in [1.807, 2.05) is 4.90 Å². The molecule has 0 bridgehead atoms. The average Bonchev–Trinajstić information content (AvgIpc) is 3.01. The number of anilines is 1. The standard InChI is InChI=1S/C20H21BrN6O3/c21-14-3-4-15-16(13-14)18(29)27(17(15)28)8-2-7-24-20(30)26-11-9-25(10-12-26)19-22-5-1-6-23-19/h1,3-6,13H,2,7-12H2,(H,24,30). The van der Waals surface area contributed by atoms with E-state index in [2.05, 4.69) is 31.2 Å². The molecule has 0 atom stereocenters. The van der Waals surface area contributed by atoms with E-state index in [9.17, 15) is 14.4 Å². The van der Waals surface area contributed by atoms with Crippen LogP contribution in [0.15, 0.2) is 41.1 Å². The predicted octanol–water partition coefficient (Wildman–Crippen LogP) is 1.76. The minimum Gasteiger partial charge on any atom is -0.338 e. The molecule has 1 saturated heterocycles. The number of urea groups is 1. The van der Waals surface area contributed by atoms with Crippen LogP contribution in [0.2, 0.25) is 0 Å². The molecule has 156 valence electrons. The average molecular weight is 473 g/mol. The lowest BCUT2D eigenvalue weighted by Crippen LogP contribution is -2.52. The van der Waals surface area contributed by atoms with Crippen molar-refractivity contribution in [3.8, 4) is 0 Å². The third-order valence-corrected chi connectivity index (χ3v) is 5.66. The van der Waals surface area contributed by atoms with Gasteiger partial charge in [0.1, 0.15) is 0 Å². The Labute approximate surface area is 182 Å². The number of aromatic nitrogens is 2. The number of imide groups is 1. The third-order valence-electron chi connectivity index (χ3n) is 5.17. The van der Waals surface area contributed by atoms with Gasteiger partial charge in [0, 0.05) is 56.1 Å². The van der Waals surface area contributed by atoms with Gasteiger partial charge in [-0.05, 0) is 30.7 Å². The lowest BCUT2D eigenvalue weighted by molar-refractivity contribution is 0.0653. The maximum absolute atomic E-state index is 12.5. The molecule has 2 aromatic rings. The van der Waals surface area contributed by atoms with Gasteiger partial charge in [0.15, 0.2) is 0 Å². The Morgan fingerprint density at radius 3 is 2.47 bits per heavy atom. The van der Waals surface area contributed by atoms with Gasteiger partial charge in [-0.2, -0.15) is 0 Å². The molecule has 0 aliphatic carbocycles. The summed E-state index contributed by atoms with van der Waals surface area (Å²) >= 11 is 3.32. The number of fused-ring (bicyclic) bond motifs is 1. The summed E-state index contributed by atoms with van der Waals surface area (Å²) in [6.07, 6.45) is 3.90. The summed E-state index contributed by atoms with van der Waals surface area (Å²) in [5.41, 5.74) is 0.839. The summed E-state index contributed by atoms with van der Waals surface area (Å²) in [5, 5.41) is 2.87. The van der Waals surface area contributed by atoms with Gasteiger partial charge in [-0.25, -0.2) is 14.8 Å². The maximum Gasteiger partial charge on any atom is 0.317 e. The number of hydrogen-bond donors (Lipinski definition) is 1. The number of nitrogens with one attached hydrogen (secondary N) is 1. The molecule has 1 N–H and O–H groups in total. The molecular formula is C20H21BrN6O3. The first kappa shape index (κ1) is 20.3. The minimum atomic E-state index is -0.290. The highest BCUT2D eigenvalue weighted by Crippen LogP contribution is 2.26. The molecule has 2 aliphatic rings. The van der Waals surface area contributed by atoms with Crippen LogP contribution in [0.1, 0.15) is 27.1 Å². The molecule has 10 heteroatoms. The number of carbonyl (C=O) groups excluding carboxylic acids is 3. The number of benzene rings is 1. The van der Waals surface area contributed by atoms with Crippen molar-refractivity contribution < 1.29 is 14.4 Å². The molecule has 9 nitrogen and oxygen atoms in total. The monoisotopic (exact) mass is 472 g/mol. The van der Waals surface area contributed by atoms with Crippen molar-refractivity contribution in [2.24, 2.45) is 0 Å². The molecule has 0 spiro atoms. The van der Waals surface area contributed by atoms with Crippen molar-refractivity contribution in [2.45, 2.75) is 6.42 Å². The number of rotatable bonds is 5. The van der Waals surface area contributed by atoms with E-state index in [1.165, 1.54) is 4.90 Å². The smallest absolute Gasteiger partial charge is 0.317 e. The molecule has 4 rings (SSSR count). The summed E-state index contributed by atoms with van der Waals surface area (Å²) in [5.74, 6) is 0.0977. The van der Waals surface area contributed by atoms with E-state index in [1.54, 1.807) is 41.6 Å². The van der Waals surface area contributed by atoms with Crippen LogP contribution in [0, 0.1) is 0 Å². The third kappa shape index (κ3) is 4.13. The Morgan fingerprint density at radius 2 is 1.73 bits per heavy atom. The highest BCUT2D eigenvalue weighted by atomic mass is 79.9. The quantitative estimate of drug-likeness (QED) is 0.525. The van der Waals surface area contributed by atoms with Gasteiger partial charge in [-0.3, -0.25) is 14.5 Å². The SMILES string of the molecule is O=C(NCCCN1C(=O)c2ccc(Br)cc2C1=O)N1CCN(c2ncccn2)CC1. The molecule has 2 aliphatic heterocycles. The number of piperazine rings is 1. The first-order valence-corrected chi connectivity index (χ1v) is 10.5. The van der Waals surface area contributed by atoms with Crippen LogP contribution in [0.25, 0.3) is 0 Å². The number of carbonyl (C=O) groups is 3. The molecule has 3 heterocycles. The van der Waals surface area contributed by atoms with Crippen LogP contribution in [-0.4, -0.2) is 76.9 Å². The number of hydrogen-bond acceptors (Lipinski definition) is 6. The van der Waals surface area contributed by atoms with E-state index in [0.717, 1.165) is 4.47 Å². The lowest BCUT2D eigenvalue weighted by atomic mass is 10.1. The van der Waals surface area contributed by atoms with Gasteiger partial charge in [0.2, 0.25) is 5.95 Å². The first-order valence-electron chi connectivity index (χ1n) is 9.75. The zero-order valence-corrected chi connectivity index (χ0v) is 17.8. The van der Waals surface area contributed by atoms with Crippen LogP contribution in [-0.2, 0) is 0 Å². The zero-order valence-electron chi connectivity index (χ0n) is 16.3. The van der Waals surface area contributed by atoms with E-state index >= 15 is 0 Å². The summed E-state index contributed by atoms with van der Waals surface area (Å²) in [6.45, 7) is 3.15. The maximum atomic E-state index is 12.5. The molecule has 0 saturated carbocycles. The Balaban J connectivity index is 1.21. The second-order valence-corrected chi connectivity index (χ2v) is 7.98. The molecule has 1 aromatic carbocycles. The van der Waals surface area contributed by atoms with Gasteiger partial charge in [-0.1, -0.05) is 15.9 Å². The molecular weight excluding hydrogens is 452 g/mol. The van der Waals surface area contributed by atoms with Gasteiger partial charge in [0.05, 0.1) is 11.1 Å². The van der Waals surface area contributed by atoms with Crippen molar-refractivity contribution in [2.75, 3.05) is 44.2 Å².